The fraction of sp³-hybridized carbons (Fsp3) is 0.714. The van der Waals surface area contributed by atoms with Gasteiger partial charge in [-0.2, -0.15) is 0 Å². The van der Waals surface area contributed by atoms with Crippen molar-refractivity contribution in [1.82, 2.24) is 0 Å². The van der Waals surface area contributed by atoms with Crippen LogP contribution in [0.1, 0.15) is 13.8 Å². The first-order chi connectivity index (χ1) is 4.27. The molecule has 0 rings (SSSR count). The van der Waals surface area contributed by atoms with Gasteiger partial charge in [-0.15, -0.1) is 0 Å². The molecule has 0 saturated carbocycles. The molecular weight excluding hydrogens is 116 g/mol. The third-order valence-electron chi connectivity index (χ3n) is 0.780. The van der Waals surface area contributed by atoms with Gasteiger partial charge in [0, 0.05) is 6.61 Å². The normalized spacial score (nSPS) is 9.11. The average Bonchev–Trinajstić information content (AvgIpc) is 1.80. The van der Waals surface area contributed by atoms with Crippen LogP contribution < -0.4 is 0 Å². The Hall–Kier alpha value is -0.500. The Kier molecular flexibility index (Phi) is 5.32. The second kappa shape index (κ2) is 5.63. The van der Waals surface area contributed by atoms with Gasteiger partial charge < -0.3 is 9.47 Å². The Morgan fingerprint density at radius 3 is 2.56 bits per heavy atom. The zero-order valence-corrected chi connectivity index (χ0v) is 6.14. The Morgan fingerprint density at radius 1 is 1.44 bits per heavy atom. The molecule has 0 aromatic heterocycles. The van der Waals surface area contributed by atoms with Crippen LogP contribution in [0.2, 0.25) is 0 Å². The summed E-state index contributed by atoms with van der Waals surface area (Å²) in [6.45, 7) is 9.38. The smallest absolute Gasteiger partial charge is 0.111 e. The minimum Gasteiger partial charge on any atom is -0.496 e. The SMILES string of the molecule is C=C(C)OCCOCC. The van der Waals surface area contributed by atoms with Crippen molar-refractivity contribution in [1.29, 1.82) is 0 Å². The van der Waals surface area contributed by atoms with Gasteiger partial charge >= 0.3 is 0 Å². The van der Waals surface area contributed by atoms with Crippen molar-refractivity contribution < 1.29 is 9.47 Å². The van der Waals surface area contributed by atoms with Gasteiger partial charge in [0.05, 0.1) is 12.4 Å². The highest BCUT2D eigenvalue weighted by atomic mass is 16.5. The lowest BCUT2D eigenvalue weighted by Gasteiger charge is -2.03. The Balaban J connectivity index is 2.83. The van der Waals surface area contributed by atoms with E-state index in [0.717, 1.165) is 12.4 Å². The summed E-state index contributed by atoms with van der Waals surface area (Å²) < 4.78 is 10.0. The topological polar surface area (TPSA) is 18.5 Å². The Bertz CT molecular complexity index is 79.0. The van der Waals surface area contributed by atoms with E-state index in [2.05, 4.69) is 6.58 Å². The van der Waals surface area contributed by atoms with Crippen LogP contribution in [0.4, 0.5) is 0 Å². The van der Waals surface area contributed by atoms with E-state index in [-0.39, 0.29) is 0 Å². The van der Waals surface area contributed by atoms with E-state index < -0.39 is 0 Å². The summed E-state index contributed by atoms with van der Waals surface area (Å²) in [5, 5.41) is 0. The average molecular weight is 130 g/mol. The molecule has 0 atom stereocenters. The summed E-state index contributed by atoms with van der Waals surface area (Å²) in [7, 11) is 0. The van der Waals surface area contributed by atoms with E-state index in [0.29, 0.717) is 13.2 Å². The zero-order chi connectivity index (χ0) is 7.11. The molecule has 0 bridgehead atoms. The second-order valence-corrected chi connectivity index (χ2v) is 1.75. The molecule has 54 valence electrons. The molecular formula is C7H14O2. The van der Waals surface area contributed by atoms with Crippen LogP contribution in [0.15, 0.2) is 12.3 Å². The molecule has 0 aromatic rings. The van der Waals surface area contributed by atoms with E-state index >= 15 is 0 Å². The number of allylic oxidation sites excluding steroid dienone is 1. The van der Waals surface area contributed by atoms with Gasteiger partial charge in [-0.3, -0.25) is 0 Å². The van der Waals surface area contributed by atoms with E-state index in [9.17, 15) is 0 Å². The third-order valence-corrected chi connectivity index (χ3v) is 0.780. The molecule has 0 radical (unpaired) electrons. The molecule has 2 heteroatoms. The molecule has 2 nitrogen and oxygen atoms in total. The summed E-state index contributed by atoms with van der Waals surface area (Å²) in [4.78, 5) is 0. The second-order valence-electron chi connectivity index (χ2n) is 1.75. The van der Waals surface area contributed by atoms with E-state index in [1.54, 1.807) is 0 Å². The van der Waals surface area contributed by atoms with Crippen molar-refractivity contribution in [2.45, 2.75) is 13.8 Å². The highest BCUT2D eigenvalue weighted by molar-refractivity contribution is 4.72. The highest BCUT2D eigenvalue weighted by Gasteiger charge is 1.84. The minimum absolute atomic E-state index is 0.614. The standard InChI is InChI=1S/C7H14O2/c1-4-8-5-6-9-7(2)3/h2,4-6H2,1,3H3. The van der Waals surface area contributed by atoms with Crippen molar-refractivity contribution >= 4 is 0 Å². The van der Waals surface area contributed by atoms with Gasteiger partial charge in [-0.25, -0.2) is 0 Å². The van der Waals surface area contributed by atoms with Crippen molar-refractivity contribution in [2.24, 2.45) is 0 Å². The molecule has 0 N–H and O–H groups in total. The molecule has 0 aromatic carbocycles. The highest BCUT2D eigenvalue weighted by Crippen LogP contribution is 1.88. The number of hydrogen-bond acceptors (Lipinski definition) is 2. The molecule has 0 aliphatic rings. The maximum Gasteiger partial charge on any atom is 0.111 e. The first-order valence-corrected chi connectivity index (χ1v) is 3.13. The minimum atomic E-state index is 0.614. The number of rotatable bonds is 5. The van der Waals surface area contributed by atoms with Gasteiger partial charge in [0.2, 0.25) is 0 Å². The summed E-state index contributed by atoms with van der Waals surface area (Å²) in [5.41, 5.74) is 0. The van der Waals surface area contributed by atoms with Gasteiger partial charge in [0.15, 0.2) is 0 Å². The predicted molar refractivity (Wildman–Crippen MR) is 37.3 cm³/mol. The number of hydrogen-bond donors (Lipinski definition) is 0. The summed E-state index contributed by atoms with van der Waals surface area (Å²) >= 11 is 0. The van der Waals surface area contributed by atoms with Crippen molar-refractivity contribution in [3.63, 3.8) is 0 Å². The molecule has 0 heterocycles. The zero-order valence-electron chi connectivity index (χ0n) is 6.14. The maximum absolute atomic E-state index is 5.02. The summed E-state index contributed by atoms with van der Waals surface area (Å²) in [6, 6.07) is 0. The van der Waals surface area contributed by atoms with Crippen molar-refractivity contribution in [3.05, 3.63) is 12.3 Å². The van der Waals surface area contributed by atoms with Gasteiger partial charge in [-0.05, 0) is 13.8 Å². The molecule has 9 heavy (non-hydrogen) atoms. The van der Waals surface area contributed by atoms with Crippen LogP contribution in [0.3, 0.4) is 0 Å². The largest absolute Gasteiger partial charge is 0.496 e. The monoisotopic (exact) mass is 130 g/mol. The fourth-order valence-corrected chi connectivity index (χ4v) is 0.419. The van der Waals surface area contributed by atoms with E-state index in [1.807, 2.05) is 13.8 Å². The Morgan fingerprint density at radius 2 is 2.11 bits per heavy atom. The molecule has 0 fully saturated rings. The Labute approximate surface area is 56.5 Å². The van der Waals surface area contributed by atoms with Crippen LogP contribution in [0.25, 0.3) is 0 Å². The van der Waals surface area contributed by atoms with E-state index in [1.165, 1.54) is 0 Å². The third kappa shape index (κ3) is 7.50. The van der Waals surface area contributed by atoms with Gasteiger partial charge in [0.25, 0.3) is 0 Å². The van der Waals surface area contributed by atoms with Gasteiger partial charge in [-0.1, -0.05) is 6.58 Å². The lowest BCUT2D eigenvalue weighted by Crippen LogP contribution is -2.01. The van der Waals surface area contributed by atoms with Crippen LogP contribution in [-0.4, -0.2) is 19.8 Å². The molecule has 0 aliphatic carbocycles. The fourth-order valence-electron chi connectivity index (χ4n) is 0.419. The summed E-state index contributed by atoms with van der Waals surface area (Å²) in [6.07, 6.45) is 0. The van der Waals surface area contributed by atoms with Crippen LogP contribution in [0, 0.1) is 0 Å². The predicted octanol–water partition coefficient (Wildman–Crippen LogP) is 1.57. The molecule has 0 aliphatic heterocycles. The first-order valence-electron chi connectivity index (χ1n) is 3.13. The van der Waals surface area contributed by atoms with Crippen LogP contribution in [-0.2, 0) is 9.47 Å². The molecule has 0 amide bonds. The molecule has 0 spiro atoms. The first kappa shape index (κ1) is 8.50. The molecule has 0 saturated heterocycles. The van der Waals surface area contributed by atoms with Crippen molar-refractivity contribution in [3.8, 4) is 0 Å². The van der Waals surface area contributed by atoms with Crippen LogP contribution in [0.5, 0.6) is 0 Å². The lowest BCUT2D eigenvalue weighted by atomic mass is 10.6. The van der Waals surface area contributed by atoms with E-state index in [4.69, 9.17) is 9.47 Å². The quantitative estimate of drug-likeness (QED) is 0.415. The van der Waals surface area contributed by atoms with Crippen LogP contribution >= 0.6 is 0 Å². The molecule has 0 unspecified atom stereocenters. The maximum atomic E-state index is 5.02. The number of ether oxygens (including phenoxy) is 2. The lowest BCUT2D eigenvalue weighted by molar-refractivity contribution is 0.0841. The summed E-state index contributed by atoms with van der Waals surface area (Å²) in [5.74, 6) is 0.745. The van der Waals surface area contributed by atoms with Gasteiger partial charge in [0.1, 0.15) is 6.61 Å². The van der Waals surface area contributed by atoms with Crippen molar-refractivity contribution in [2.75, 3.05) is 19.8 Å².